The average Bonchev–Trinajstić information content (AvgIpc) is 3.16. The fourth-order valence-corrected chi connectivity index (χ4v) is 2.61. The highest BCUT2D eigenvalue weighted by atomic mass is 16.2. The Morgan fingerprint density at radius 3 is 2.46 bits per heavy atom. The first-order valence-corrected chi connectivity index (χ1v) is 8.06. The van der Waals surface area contributed by atoms with E-state index in [1.54, 1.807) is 11.0 Å². The van der Waals surface area contributed by atoms with Crippen LogP contribution in [0.1, 0.15) is 29.3 Å². The van der Waals surface area contributed by atoms with Crippen molar-refractivity contribution in [3.8, 4) is 5.69 Å². The zero-order valence-corrected chi connectivity index (χ0v) is 13.7. The van der Waals surface area contributed by atoms with Crippen LogP contribution in [0.3, 0.4) is 0 Å². The summed E-state index contributed by atoms with van der Waals surface area (Å²) in [6.45, 7) is 3.44. The third-order valence-electron chi connectivity index (χ3n) is 3.79. The molecule has 0 saturated carbocycles. The van der Waals surface area contributed by atoms with Gasteiger partial charge in [0.2, 0.25) is 0 Å². The molecule has 1 aromatic heterocycles. The average molecular weight is 320 g/mol. The number of benzene rings is 2. The zero-order chi connectivity index (χ0) is 16.8. The maximum Gasteiger partial charge on any atom is 0.254 e. The maximum atomic E-state index is 12.8. The molecule has 2 aromatic carbocycles. The van der Waals surface area contributed by atoms with Crippen molar-refractivity contribution in [3.05, 3.63) is 78.4 Å². The SMILES string of the molecule is CCCN(Cc1ccccc1)C(=O)c1ccc(-n2cncn2)cc1. The highest BCUT2D eigenvalue weighted by Crippen LogP contribution is 2.13. The number of hydrogen-bond donors (Lipinski definition) is 0. The van der Waals surface area contributed by atoms with Crippen LogP contribution in [0.15, 0.2) is 67.3 Å². The molecule has 0 atom stereocenters. The molecule has 3 aromatic rings. The molecule has 0 saturated heterocycles. The summed E-state index contributed by atoms with van der Waals surface area (Å²) in [6, 6.07) is 17.5. The molecule has 0 aliphatic heterocycles. The van der Waals surface area contributed by atoms with E-state index in [-0.39, 0.29) is 5.91 Å². The second kappa shape index (κ2) is 7.55. The van der Waals surface area contributed by atoms with E-state index in [0.717, 1.165) is 24.2 Å². The lowest BCUT2D eigenvalue weighted by Gasteiger charge is -2.22. The van der Waals surface area contributed by atoms with Gasteiger partial charge in [0.25, 0.3) is 5.91 Å². The van der Waals surface area contributed by atoms with Gasteiger partial charge < -0.3 is 4.90 Å². The standard InChI is InChI=1S/C19H20N4O/c1-2-12-22(13-16-6-4-3-5-7-16)19(24)17-8-10-18(11-9-17)23-15-20-14-21-23/h3-11,14-15H,2,12-13H2,1H3. The lowest BCUT2D eigenvalue weighted by molar-refractivity contribution is 0.0743. The Kier molecular flexibility index (Phi) is 5.01. The number of carbonyl (C=O) groups is 1. The molecular weight excluding hydrogens is 300 g/mol. The van der Waals surface area contributed by atoms with E-state index in [9.17, 15) is 4.79 Å². The van der Waals surface area contributed by atoms with Crippen LogP contribution in [-0.2, 0) is 6.54 Å². The Morgan fingerprint density at radius 2 is 1.83 bits per heavy atom. The fourth-order valence-electron chi connectivity index (χ4n) is 2.61. The van der Waals surface area contributed by atoms with E-state index in [2.05, 4.69) is 17.0 Å². The van der Waals surface area contributed by atoms with Crippen LogP contribution in [0.5, 0.6) is 0 Å². The Labute approximate surface area is 141 Å². The third-order valence-corrected chi connectivity index (χ3v) is 3.79. The minimum absolute atomic E-state index is 0.0471. The summed E-state index contributed by atoms with van der Waals surface area (Å²) in [7, 11) is 0. The summed E-state index contributed by atoms with van der Waals surface area (Å²) in [5, 5.41) is 4.09. The summed E-state index contributed by atoms with van der Waals surface area (Å²) in [4.78, 5) is 18.6. The summed E-state index contributed by atoms with van der Waals surface area (Å²) in [5.41, 5.74) is 2.70. The second-order valence-corrected chi connectivity index (χ2v) is 5.60. The van der Waals surface area contributed by atoms with Crippen molar-refractivity contribution >= 4 is 5.91 Å². The van der Waals surface area contributed by atoms with Crippen molar-refractivity contribution < 1.29 is 4.79 Å². The van der Waals surface area contributed by atoms with E-state index in [1.165, 1.54) is 6.33 Å². The molecular formula is C19H20N4O. The van der Waals surface area contributed by atoms with Gasteiger partial charge in [-0.2, -0.15) is 5.10 Å². The Morgan fingerprint density at radius 1 is 1.08 bits per heavy atom. The molecule has 1 heterocycles. The molecule has 0 aliphatic carbocycles. The second-order valence-electron chi connectivity index (χ2n) is 5.60. The van der Waals surface area contributed by atoms with Crippen molar-refractivity contribution in [2.24, 2.45) is 0 Å². The van der Waals surface area contributed by atoms with Gasteiger partial charge in [-0.05, 0) is 36.2 Å². The normalized spacial score (nSPS) is 10.5. The van der Waals surface area contributed by atoms with Gasteiger partial charge in [0, 0.05) is 18.7 Å². The lowest BCUT2D eigenvalue weighted by atomic mass is 10.1. The highest BCUT2D eigenvalue weighted by molar-refractivity contribution is 5.94. The van der Waals surface area contributed by atoms with Gasteiger partial charge in [-0.15, -0.1) is 0 Å². The monoisotopic (exact) mass is 320 g/mol. The van der Waals surface area contributed by atoms with Crippen molar-refractivity contribution in [1.29, 1.82) is 0 Å². The van der Waals surface area contributed by atoms with Crippen molar-refractivity contribution in [2.45, 2.75) is 19.9 Å². The quantitative estimate of drug-likeness (QED) is 0.700. The Hall–Kier alpha value is -2.95. The van der Waals surface area contributed by atoms with Gasteiger partial charge in [-0.25, -0.2) is 9.67 Å². The Bertz CT molecular complexity index is 767. The van der Waals surface area contributed by atoms with Crippen LogP contribution >= 0.6 is 0 Å². The number of carbonyl (C=O) groups excluding carboxylic acids is 1. The number of rotatable bonds is 6. The first-order valence-electron chi connectivity index (χ1n) is 8.06. The highest BCUT2D eigenvalue weighted by Gasteiger charge is 2.15. The van der Waals surface area contributed by atoms with E-state index < -0.39 is 0 Å². The first-order chi connectivity index (χ1) is 11.8. The molecule has 0 fully saturated rings. The van der Waals surface area contributed by atoms with Crippen LogP contribution < -0.4 is 0 Å². The first kappa shape index (κ1) is 15.9. The molecule has 1 amide bonds. The van der Waals surface area contributed by atoms with Crippen LogP contribution in [-0.4, -0.2) is 32.1 Å². The molecule has 122 valence electrons. The molecule has 0 bridgehead atoms. The van der Waals surface area contributed by atoms with Gasteiger partial charge in [-0.3, -0.25) is 4.79 Å². The molecule has 5 nitrogen and oxygen atoms in total. The molecule has 0 unspecified atom stereocenters. The summed E-state index contributed by atoms with van der Waals surface area (Å²) in [6.07, 6.45) is 4.05. The van der Waals surface area contributed by atoms with Gasteiger partial charge in [0.15, 0.2) is 0 Å². The predicted molar refractivity (Wildman–Crippen MR) is 92.8 cm³/mol. The van der Waals surface area contributed by atoms with Crippen molar-refractivity contribution in [3.63, 3.8) is 0 Å². The maximum absolute atomic E-state index is 12.8. The molecule has 0 spiro atoms. The molecule has 0 N–H and O–H groups in total. The van der Waals surface area contributed by atoms with Gasteiger partial charge in [0.05, 0.1) is 5.69 Å². The molecule has 3 rings (SSSR count). The predicted octanol–water partition coefficient (Wildman–Crippen LogP) is 3.32. The van der Waals surface area contributed by atoms with Crippen molar-refractivity contribution in [1.82, 2.24) is 19.7 Å². The van der Waals surface area contributed by atoms with E-state index in [1.807, 2.05) is 59.5 Å². The van der Waals surface area contributed by atoms with Gasteiger partial charge in [0.1, 0.15) is 12.7 Å². The minimum Gasteiger partial charge on any atom is -0.334 e. The minimum atomic E-state index is 0.0471. The third kappa shape index (κ3) is 3.68. The number of amides is 1. The summed E-state index contributed by atoms with van der Waals surface area (Å²) >= 11 is 0. The van der Waals surface area contributed by atoms with Gasteiger partial charge in [-0.1, -0.05) is 37.3 Å². The Balaban J connectivity index is 1.77. The molecule has 5 heteroatoms. The van der Waals surface area contributed by atoms with E-state index in [0.29, 0.717) is 12.1 Å². The number of aromatic nitrogens is 3. The van der Waals surface area contributed by atoms with Gasteiger partial charge >= 0.3 is 0 Å². The molecule has 24 heavy (non-hydrogen) atoms. The fraction of sp³-hybridized carbons (Fsp3) is 0.211. The van der Waals surface area contributed by atoms with E-state index in [4.69, 9.17) is 0 Å². The largest absolute Gasteiger partial charge is 0.334 e. The van der Waals surface area contributed by atoms with Crippen molar-refractivity contribution in [2.75, 3.05) is 6.54 Å². The zero-order valence-electron chi connectivity index (χ0n) is 13.7. The topological polar surface area (TPSA) is 51.0 Å². The van der Waals surface area contributed by atoms with E-state index >= 15 is 0 Å². The smallest absolute Gasteiger partial charge is 0.254 e. The van der Waals surface area contributed by atoms with Crippen LogP contribution in [0, 0.1) is 0 Å². The molecule has 0 aliphatic rings. The number of nitrogens with zero attached hydrogens (tertiary/aromatic N) is 4. The summed E-state index contributed by atoms with van der Waals surface area (Å²) < 4.78 is 1.67. The number of hydrogen-bond acceptors (Lipinski definition) is 3. The van der Waals surface area contributed by atoms with Crippen LogP contribution in [0.2, 0.25) is 0 Å². The van der Waals surface area contributed by atoms with Crippen LogP contribution in [0.4, 0.5) is 0 Å². The molecule has 0 radical (unpaired) electrons. The van der Waals surface area contributed by atoms with Crippen LogP contribution in [0.25, 0.3) is 5.69 Å². The lowest BCUT2D eigenvalue weighted by Crippen LogP contribution is -2.31. The summed E-state index contributed by atoms with van der Waals surface area (Å²) in [5.74, 6) is 0.0471.